The van der Waals surface area contributed by atoms with Crippen LogP contribution in [0.15, 0.2) is 12.7 Å². The Balaban J connectivity index is 2.06. The predicted octanol–water partition coefficient (Wildman–Crippen LogP) is 2.43. The van der Waals surface area contributed by atoms with Crippen molar-refractivity contribution in [3.05, 3.63) is 12.7 Å². The fraction of sp³-hybridized carbons (Fsp3) is 0.643. The summed E-state index contributed by atoms with van der Waals surface area (Å²) < 4.78 is 30.6. The van der Waals surface area contributed by atoms with Gasteiger partial charge in [0, 0.05) is 0 Å². The summed E-state index contributed by atoms with van der Waals surface area (Å²) in [5.74, 6) is 0.338. The number of hydrogen-bond donors (Lipinski definition) is 1. The largest absolute Gasteiger partial charge is 0.382 e. The van der Waals surface area contributed by atoms with Crippen molar-refractivity contribution in [1.82, 2.24) is 19.5 Å². The molecule has 0 fully saturated rings. The van der Waals surface area contributed by atoms with E-state index in [1.165, 1.54) is 6.33 Å². The van der Waals surface area contributed by atoms with E-state index in [9.17, 15) is 4.57 Å². The molecule has 0 aliphatic carbocycles. The van der Waals surface area contributed by atoms with Crippen LogP contribution >= 0.6 is 7.60 Å². The molecule has 0 bridgehead atoms. The summed E-state index contributed by atoms with van der Waals surface area (Å²) in [5, 5.41) is 0. The average Bonchev–Trinajstić information content (AvgIpc) is 2.96. The molecule has 0 saturated heterocycles. The lowest BCUT2D eigenvalue weighted by Crippen LogP contribution is -2.20. The minimum absolute atomic E-state index is 0.0864. The third kappa shape index (κ3) is 4.51. The average molecular weight is 357 g/mol. The Morgan fingerprint density at radius 1 is 1.21 bits per heavy atom. The van der Waals surface area contributed by atoms with Crippen molar-refractivity contribution >= 4 is 24.6 Å². The lowest BCUT2D eigenvalue weighted by molar-refractivity contribution is 0.0527. The molecule has 0 saturated carbocycles. The molecular formula is C14H24N5O4P. The molecule has 0 aliphatic heterocycles. The van der Waals surface area contributed by atoms with Crippen molar-refractivity contribution in [3.63, 3.8) is 0 Å². The number of nitrogens with zero attached hydrogens (tertiary/aromatic N) is 4. The number of aromatic nitrogens is 4. The predicted molar refractivity (Wildman–Crippen MR) is 90.6 cm³/mol. The first kappa shape index (κ1) is 18.8. The first-order valence-electron chi connectivity index (χ1n) is 7.94. The minimum atomic E-state index is -3.23. The molecule has 0 aliphatic rings. The topological polar surface area (TPSA) is 114 Å². The summed E-state index contributed by atoms with van der Waals surface area (Å²) in [6, 6.07) is 0. The lowest BCUT2D eigenvalue weighted by Gasteiger charge is -2.21. The van der Waals surface area contributed by atoms with E-state index in [0.717, 1.165) is 6.42 Å². The zero-order valence-electron chi connectivity index (χ0n) is 14.2. The molecule has 2 N–H and O–H groups in total. The quantitative estimate of drug-likeness (QED) is 0.645. The van der Waals surface area contributed by atoms with Crippen LogP contribution in [0.2, 0.25) is 0 Å². The zero-order chi connectivity index (χ0) is 17.6. The van der Waals surface area contributed by atoms with E-state index in [0.29, 0.717) is 36.7 Å². The van der Waals surface area contributed by atoms with Crippen LogP contribution in [0.1, 0.15) is 27.2 Å². The summed E-state index contributed by atoms with van der Waals surface area (Å²) in [5.41, 5.74) is 6.99. The van der Waals surface area contributed by atoms with Gasteiger partial charge in [-0.15, -0.1) is 0 Å². The molecule has 2 rings (SSSR count). The Labute approximate surface area is 141 Å². The fourth-order valence-corrected chi connectivity index (χ4v) is 3.66. The first-order chi connectivity index (χ1) is 11.5. The van der Waals surface area contributed by atoms with Gasteiger partial charge in [0.05, 0.1) is 32.2 Å². The van der Waals surface area contributed by atoms with E-state index in [1.54, 1.807) is 20.2 Å². The van der Waals surface area contributed by atoms with E-state index in [1.807, 2.05) is 11.5 Å². The van der Waals surface area contributed by atoms with Crippen LogP contribution in [-0.2, 0) is 24.9 Å². The molecule has 1 atom stereocenters. The lowest BCUT2D eigenvalue weighted by atomic mass is 10.3. The van der Waals surface area contributed by atoms with Crippen LogP contribution < -0.4 is 5.73 Å². The maximum Gasteiger partial charge on any atom is 0.356 e. The molecule has 1 unspecified atom stereocenters. The van der Waals surface area contributed by atoms with Crippen molar-refractivity contribution < 1.29 is 18.3 Å². The number of nitrogens with two attached hydrogens (primary N) is 1. The highest BCUT2D eigenvalue weighted by atomic mass is 31.2. The number of imidazole rings is 1. The van der Waals surface area contributed by atoms with Gasteiger partial charge in [0.25, 0.3) is 0 Å². The molecule has 2 aromatic heterocycles. The second-order valence-electron chi connectivity index (χ2n) is 5.10. The maximum atomic E-state index is 12.5. The van der Waals surface area contributed by atoms with Gasteiger partial charge in [-0.25, -0.2) is 15.0 Å². The minimum Gasteiger partial charge on any atom is -0.382 e. The number of fused-ring (bicyclic) bond motifs is 1. The summed E-state index contributed by atoms with van der Waals surface area (Å²) >= 11 is 0. The van der Waals surface area contributed by atoms with Gasteiger partial charge in [-0.3, -0.25) is 4.57 Å². The van der Waals surface area contributed by atoms with Crippen molar-refractivity contribution in [3.8, 4) is 0 Å². The third-order valence-electron chi connectivity index (χ3n) is 3.41. The Kier molecular flexibility index (Phi) is 6.68. The Bertz CT molecular complexity index is 698. The van der Waals surface area contributed by atoms with Gasteiger partial charge < -0.3 is 24.1 Å². The Hall–Kier alpha value is -1.54. The molecule has 2 aromatic rings. The number of anilines is 1. The number of ether oxygens (including phenoxy) is 1. The number of rotatable bonds is 10. The summed E-state index contributed by atoms with van der Waals surface area (Å²) in [6.45, 7) is 6.64. The van der Waals surface area contributed by atoms with E-state index in [-0.39, 0.29) is 12.5 Å². The van der Waals surface area contributed by atoms with Crippen molar-refractivity contribution in [2.45, 2.75) is 39.8 Å². The van der Waals surface area contributed by atoms with E-state index < -0.39 is 7.60 Å². The zero-order valence-corrected chi connectivity index (χ0v) is 15.1. The summed E-state index contributed by atoms with van der Waals surface area (Å²) in [7, 11) is -3.23. The van der Waals surface area contributed by atoms with Crippen LogP contribution in [0, 0.1) is 0 Å². The number of hydrogen-bond acceptors (Lipinski definition) is 8. The highest BCUT2D eigenvalue weighted by Crippen LogP contribution is 2.48. The Morgan fingerprint density at radius 3 is 2.54 bits per heavy atom. The van der Waals surface area contributed by atoms with Gasteiger partial charge >= 0.3 is 7.60 Å². The van der Waals surface area contributed by atoms with Gasteiger partial charge in [0.15, 0.2) is 11.5 Å². The van der Waals surface area contributed by atoms with Crippen LogP contribution in [0.25, 0.3) is 11.2 Å². The van der Waals surface area contributed by atoms with Crippen molar-refractivity contribution in [2.24, 2.45) is 0 Å². The monoisotopic (exact) mass is 357 g/mol. The second-order valence-corrected chi connectivity index (χ2v) is 7.10. The van der Waals surface area contributed by atoms with Gasteiger partial charge in [-0.1, -0.05) is 6.92 Å². The molecule has 2 heterocycles. The highest BCUT2D eigenvalue weighted by Gasteiger charge is 2.26. The molecule has 10 heteroatoms. The molecule has 9 nitrogen and oxygen atoms in total. The van der Waals surface area contributed by atoms with E-state index in [4.69, 9.17) is 19.5 Å². The second kappa shape index (κ2) is 8.53. The molecular weight excluding hydrogens is 333 g/mol. The van der Waals surface area contributed by atoms with Gasteiger partial charge in [0.2, 0.25) is 0 Å². The van der Waals surface area contributed by atoms with Gasteiger partial charge in [-0.2, -0.15) is 0 Å². The van der Waals surface area contributed by atoms with Crippen molar-refractivity contribution in [1.29, 1.82) is 0 Å². The highest BCUT2D eigenvalue weighted by molar-refractivity contribution is 7.53. The van der Waals surface area contributed by atoms with Crippen molar-refractivity contribution in [2.75, 3.05) is 25.3 Å². The number of nitrogen functional groups attached to an aromatic ring is 1. The maximum absolute atomic E-state index is 12.5. The van der Waals surface area contributed by atoms with E-state index in [2.05, 4.69) is 15.0 Å². The van der Waals surface area contributed by atoms with Crippen LogP contribution in [0.5, 0.6) is 0 Å². The van der Waals surface area contributed by atoms with Crippen LogP contribution in [0.4, 0.5) is 5.82 Å². The van der Waals surface area contributed by atoms with Gasteiger partial charge in [0.1, 0.15) is 18.2 Å². The normalized spacial score (nSPS) is 13.5. The molecule has 0 amide bonds. The fourth-order valence-electron chi connectivity index (χ4n) is 2.25. The molecule has 134 valence electrons. The summed E-state index contributed by atoms with van der Waals surface area (Å²) in [4.78, 5) is 12.4. The standard InChI is InChI=1S/C14H24N5O4P/c1-4-11(21-10-24(20,22-5-2)23-6-3)7-19-9-18-12-13(15)16-8-17-14(12)19/h8-9,11H,4-7,10H2,1-3H3,(H2,15,16,17). The van der Waals surface area contributed by atoms with Crippen LogP contribution in [0.3, 0.4) is 0 Å². The smallest absolute Gasteiger partial charge is 0.356 e. The Morgan fingerprint density at radius 2 is 1.92 bits per heavy atom. The summed E-state index contributed by atoms with van der Waals surface area (Å²) in [6.07, 6.45) is 3.49. The molecule has 24 heavy (non-hydrogen) atoms. The third-order valence-corrected chi connectivity index (χ3v) is 5.17. The molecule has 0 spiro atoms. The van der Waals surface area contributed by atoms with Crippen LogP contribution in [-0.4, -0.2) is 45.2 Å². The SMILES string of the molecule is CCOP(=O)(COC(CC)Cn1cnc2c(N)ncnc21)OCC. The van der Waals surface area contributed by atoms with Gasteiger partial charge in [-0.05, 0) is 20.3 Å². The van der Waals surface area contributed by atoms with E-state index >= 15 is 0 Å². The first-order valence-corrected chi connectivity index (χ1v) is 9.66. The molecule has 0 radical (unpaired) electrons. The molecule has 0 aromatic carbocycles.